The Bertz CT molecular complexity index is 510. The van der Waals surface area contributed by atoms with Gasteiger partial charge in [0.2, 0.25) is 0 Å². The van der Waals surface area contributed by atoms with Crippen LogP contribution in [0.15, 0.2) is 29.8 Å². The minimum Gasteiger partial charge on any atom is -0.465 e. The fraction of sp³-hybridized carbons (Fsp3) is 0.0833. The number of hydrogen-bond donors (Lipinski definition) is 1. The summed E-state index contributed by atoms with van der Waals surface area (Å²) in [7, 11) is 1.29. The number of hydrogen-bond acceptors (Lipinski definition) is 4. The van der Waals surface area contributed by atoms with E-state index in [4.69, 9.17) is 11.0 Å². The van der Waals surface area contributed by atoms with Crippen LogP contribution in [0.4, 0.5) is 0 Å². The van der Waals surface area contributed by atoms with Crippen LogP contribution in [0.2, 0.25) is 0 Å². The van der Waals surface area contributed by atoms with Gasteiger partial charge in [0.1, 0.15) is 11.6 Å². The summed E-state index contributed by atoms with van der Waals surface area (Å²) in [6.07, 6.45) is 1.35. The van der Waals surface area contributed by atoms with Crippen molar-refractivity contribution in [3.8, 4) is 6.07 Å². The predicted octanol–water partition coefficient (Wildman–Crippen LogP) is 0.865. The standard InChI is InChI=1S/C12H10N2O3/c1-17-12(16)9-4-2-8(3-5-9)6-10(7-13)11(14)15/h2-6H,1H3,(H2,14,15)/b10-6-. The fourth-order valence-electron chi connectivity index (χ4n) is 1.16. The van der Waals surface area contributed by atoms with Crippen molar-refractivity contribution in [3.05, 3.63) is 41.0 Å². The molecule has 0 aromatic heterocycles. The number of esters is 1. The minimum atomic E-state index is -0.787. The summed E-state index contributed by atoms with van der Waals surface area (Å²) < 4.78 is 4.54. The average molecular weight is 230 g/mol. The van der Waals surface area contributed by atoms with Gasteiger partial charge in [0.25, 0.3) is 5.91 Å². The number of carbonyl (C=O) groups is 2. The molecule has 1 aromatic rings. The molecular formula is C12H10N2O3. The molecule has 0 saturated heterocycles. The molecule has 2 N–H and O–H groups in total. The van der Waals surface area contributed by atoms with Crippen LogP contribution in [0.3, 0.4) is 0 Å². The molecule has 0 spiro atoms. The molecule has 5 heteroatoms. The van der Waals surface area contributed by atoms with Crippen molar-refractivity contribution in [1.29, 1.82) is 5.26 Å². The second kappa shape index (κ2) is 5.47. The zero-order chi connectivity index (χ0) is 12.8. The van der Waals surface area contributed by atoms with Gasteiger partial charge in [0.15, 0.2) is 0 Å². The number of rotatable bonds is 3. The summed E-state index contributed by atoms with van der Waals surface area (Å²) in [6, 6.07) is 7.94. The quantitative estimate of drug-likeness (QED) is 0.473. The molecule has 0 aliphatic heterocycles. The molecule has 1 aromatic carbocycles. The van der Waals surface area contributed by atoms with E-state index in [0.29, 0.717) is 11.1 Å². The molecule has 0 bridgehead atoms. The smallest absolute Gasteiger partial charge is 0.337 e. The number of methoxy groups -OCH3 is 1. The highest BCUT2D eigenvalue weighted by Crippen LogP contribution is 2.09. The van der Waals surface area contributed by atoms with Crippen molar-refractivity contribution in [2.24, 2.45) is 5.73 Å². The van der Waals surface area contributed by atoms with Crippen LogP contribution in [0.1, 0.15) is 15.9 Å². The molecule has 0 heterocycles. The fourth-order valence-corrected chi connectivity index (χ4v) is 1.16. The number of carbonyl (C=O) groups excluding carboxylic acids is 2. The molecule has 0 fully saturated rings. The van der Waals surface area contributed by atoms with E-state index < -0.39 is 11.9 Å². The van der Waals surface area contributed by atoms with E-state index in [2.05, 4.69) is 4.74 Å². The van der Waals surface area contributed by atoms with E-state index in [1.165, 1.54) is 25.3 Å². The van der Waals surface area contributed by atoms with Crippen LogP contribution in [0, 0.1) is 11.3 Å². The first-order valence-electron chi connectivity index (χ1n) is 4.68. The highest BCUT2D eigenvalue weighted by Gasteiger charge is 2.05. The molecule has 86 valence electrons. The minimum absolute atomic E-state index is 0.143. The maximum Gasteiger partial charge on any atom is 0.337 e. The van der Waals surface area contributed by atoms with Gasteiger partial charge in [0, 0.05) is 0 Å². The summed E-state index contributed by atoms with van der Waals surface area (Å²) in [5.74, 6) is -1.24. The molecule has 0 atom stereocenters. The van der Waals surface area contributed by atoms with Crippen molar-refractivity contribution in [1.82, 2.24) is 0 Å². The molecule has 0 saturated carbocycles. The Kier molecular flexibility index (Phi) is 4.01. The van der Waals surface area contributed by atoms with Gasteiger partial charge in [-0.15, -0.1) is 0 Å². The van der Waals surface area contributed by atoms with Gasteiger partial charge < -0.3 is 10.5 Å². The maximum atomic E-state index is 11.1. The lowest BCUT2D eigenvalue weighted by atomic mass is 10.1. The highest BCUT2D eigenvalue weighted by atomic mass is 16.5. The number of nitriles is 1. The second-order valence-electron chi connectivity index (χ2n) is 3.15. The van der Waals surface area contributed by atoms with E-state index in [-0.39, 0.29) is 5.57 Å². The van der Waals surface area contributed by atoms with E-state index in [9.17, 15) is 9.59 Å². The maximum absolute atomic E-state index is 11.1. The SMILES string of the molecule is COC(=O)c1ccc(/C=C(/C#N)C(N)=O)cc1. The summed E-state index contributed by atoms with van der Waals surface area (Å²) in [6.45, 7) is 0. The van der Waals surface area contributed by atoms with Crippen LogP contribution in [-0.4, -0.2) is 19.0 Å². The molecule has 0 unspecified atom stereocenters. The predicted molar refractivity (Wildman–Crippen MR) is 60.6 cm³/mol. The number of nitrogens with zero attached hydrogens (tertiary/aromatic N) is 1. The van der Waals surface area contributed by atoms with Gasteiger partial charge in [0.05, 0.1) is 12.7 Å². The van der Waals surface area contributed by atoms with Crippen molar-refractivity contribution in [2.75, 3.05) is 7.11 Å². The van der Waals surface area contributed by atoms with E-state index in [1.807, 2.05) is 0 Å². The third kappa shape index (κ3) is 3.18. The van der Waals surface area contributed by atoms with Gasteiger partial charge in [-0.25, -0.2) is 4.79 Å². The third-order valence-electron chi connectivity index (χ3n) is 2.03. The van der Waals surface area contributed by atoms with Crippen LogP contribution < -0.4 is 5.73 Å². The lowest BCUT2D eigenvalue weighted by Crippen LogP contribution is -2.12. The Balaban J connectivity index is 3.00. The van der Waals surface area contributed by atoms with Crippen molar-refractivity contribution in [3.63, 3.8) is 0 Å². The summed E-state index contributed by atoms with van der Waals surface area (Å²) in [4.78, 5) is 22.0. The summed E-state index contributed by atoms with van der Waals surface area (Å²) in [5.41, 5.74) is 5.84. The van der Waals surface area contributed by atoms with Crippen LogP contribution >= 0.6 is 0 Å². The molecule has 0 radical (unpaired) electrons. The van der Waals surface area contributed by atoms with E-state index >= 15 is 0 Å². The number of benzene rings is 1. The van der Waals surface area contributed by atoms with Gasteiger partial charge in [-0.2, -0.15) is 5.26 Å². The summed E-state index contributed by atoms with van der Waals surface area (Å²) in [5, 5.41) is 8.65. The first-order valence-corrected chi connectivity index (χ1v) is 4.68. The number of amides is 1. The first kappa shape index (κ1) is 12.5. The van der Waals surface area contributed by atoms with Gasteiger partial charge >= 0.3 is 5.97 Å². The molecule has 1 rings (SSSR count). The largest absolute Gasteiger partial charge is 0.465 e. The first-order chi connectivity index (χ1) is 8.08. The van der Waals surface area contributed by atoms with Crippen LogP contribution in [0.25, 0.3) is 6.08 Å². The Hall–Kier alpha value is -2.61. The normalized spacial score (nSPS) is 10.5. The monoisotopic (exact) mass is 230 g/mol. The molecular weight excluding hydrogens is 220 g/mol. The molecule has 1 amide bonds. The molecule has 0 aliphatic carbocycles. The zero-order valence-corrected chi connectivity index (χ0v) is 9.14. The number of primary amides is 1. The van der Waals surface area contributed by atoms with Gasteiger partial charge in [-0.3, -0.25) is 4.79 Å². The number of ether oxygens (including phenoxy) is 1. The Morgan fingerprint density at radius 3 is 2.35 bits per heavy atom. The Morgan fingerprint density at radius 1 is 1.35 bits per heavy atom. The molecule has 5 nitrogen and oxygen atoms in total. The number of nitrogens with two attached hydrogens (primary N) is 1. The van der Waals surface area contributed by atoms with Gasteiger partial charge in [-0.05, 0) is 23.8 Å². The van der Waals surface area contributed by atoms with E-state index in [1.54, 1.807) is 18.2 Å². The van der Waals surface area contributed by atoms with E-state index in [0.717, 1.165) is 0 Å². The molecule has 17 heavy (non-hydrogen) atoms. The topological polar surface area (TPSA) is 93.2 Å². The molecule has 0 aliphatic rings. The lowest BCUT2D eigenvalue weighted by molar-refractivity contribution is -0.114. The van der Waals surface area contributed by atoms with Crippen molar-refractivity contribution in [2.45, 2.75) is 0 Å². The van der Waals surface area contributed by atoms with Crippen LogP contribution in [-0.2, 0) is 9.53 Å². The van der Waals surface area contributed by atoms with Crippen molar-refractivity contribution < 1.29 is 14.3 Å². The highest BCUT2D eigenvalue weighted by molar-refractivity contribution is 6.00. The van der Waals surface area contributed by atoms with Crippen molar-refractivity contribution >= 4 is 18.0 Å². The lowest BCUT2D eigenvalue weighted by Gasteiger charge is -1.99. The summed E-state index contributed by atoms with van der Waals surface area (Å²) >= 11 is 0. The Morgan fingerprint density at radius 2 is 1.94 bits per heavy atom. The van der Waals surface area contributed by atoms with Gasteiger partial charge in [-0.1, -0.05) is 12.1 Å². The third-order valence-corrected chi connectivity index (χ3v) is 2.03. The average Bonchev–Trinajstić information content (AvgIpc) is 2.35. The zero-order valence-electron chi connectivity index (χ0n) is 9.14. The second-order valence-corrected chi connectivity index (χ2v) is 3.15. The van der Waals surface area contributed by atoms with Crippen LogP contribution in [0.5, 0.6) is 0 Å². The Labute approximate surface area is 98.1 Å².